The lowest BCUT2D eigenvalue weighted by molar-refractivity contribution is 0.00682. The van der Waals surface area contributed by atoms with Crippen LogP contribution in [0.5, 0.6) is 0 Å². The Morgan fingerprint density at radius 3 is 2.59 bits per heavy atom. The van der Waals surface area contributed by atoms with E-state index in [1.54, 1.807) is 13.0 Å². The maximum absolute atomic E-state index is 11.8. The van der Waals surface area contributed by atoms with E-state index in [4.69, 9.17) is 5.11 Å². The normalized spacial score (nSPS) is 15.8. The van der Waals surface area contributed by atoms with Crippen molar-refractivity contribution in [3.8, 4) is 0 Å². The van der Waals surface area contributed by atoms with Gasteiger partial charge in [0.1, 0.15) is 4.21 Å². The Balaban J connectivity index is 2.83. The van der Waals surface area contributed by atoms with Gasteiger partial charge in [-0.1, -0.05) is 0 Å². The smallest absolute Gasteiger partial charge is 0.250 e. The lowest BCUT2D eigenvalue weighted by Gasteiger charge is -2.20. The van der Waals surface area contributed by atoms with Gasteiger partial charge in [-0.25, -0.2) is 13.1 Å². The molecule has 1 heterocycles. The quantitative estimate of drug-likeness (QED) is 0.739. The summed E-state index contributed by atoms with van der Waals surface area (Å²) in [4.78, 5) is 0. The molecule has 1 aromatic rings. The van der Waals surface area contributed by atoms with Crippen molar-refractivity contribution >= 4 is 37.3 Å². The number of rotatable bonds is 5. The number of sulfonamides is 1. The van der Waals surface area contributed by atoms with Gasteiger partial charge in [0.15, 0.2) is 0 Å². The van der Waals surface area contributed by atoms with Gasteiger partial charge < -0.3 is 10.2 Å². The third-order valence-electron chi connectivity index (χ3n) is 2.08. The monoisotopic (exact) mass is 343 g/mol. The summed E-state index contributed by atoms with van der Waals surface area (Å²) in [5, 5.41) is 18.3. The van der Waals surface area contributed by atoms with E-state index in [1.165, 1.54) is 6.92 Å². The fourth-order valence-electron chi connectivity index (χ4n) is 0.942. The molecule has 0 aromatic carbocycles. The minimum Gasteiger partial charge on any atom is -0.393 e. The molecule has 17 heavy (non-hydrogen) atoms. The molecule has 1 rings (SSSR count). The molecule has 1 aromatic heterocycles. The minimum atomic E-state index is -3.64. The predicted molar refractivity (Wildman–Crippen MR) is 69.7 cm³/mol. The van der Waals surface area contributed by atoms with Crippen molar-refractivity contribution < 1.29 is 18.6 Å². The Hall–Kier alpha value is 0.01000. The van der Waals surface area contributed by atoms with Crippen molar-refractivity contribution in [2.24, 2.45) is 0 Å². The van der Waals surface area contributed by atoms with Crippen molar-refractivity contribution in [2.45, 2.75) is 23.7 Å². The van der Waals surface area contributed by atoms with Crippen LogP contribution in [0.15, 0.2) is 14.1 Å². The molecule has 0 saturated heterocycles. The van der Waals surface area contributed by atoms with E-state index in [-0.39, 0.29) is 10.8 Å². The summed E-state index contributed by atoms with van der Waals surface area (Å²) in [6.07, 6.45) is 0. The molecule has 0 fully saturated rings. The van der Waals surface area contributed by atoms with Gasteiger partial charge in [0, 0.05) is 6.54 Å². The van der Waals surface area contributed by atoms with Gasteiger partial charge in [0.25, 0.3) is 0 Å². The van der Waals surface area contributed by atoms with Crippen LogP contribution in [0.25, 0.3) is 0 Å². The fraction of sp³-hybridized carbons (Fsp3) is 0.556. The Morgan fingerprint density at radius 2 is 2.18 bits per heavy atom. The summed E-state index contributed by atoms with van der Waals surface area (Å²) in [6, 6.07) is 1.55. The number of thiophene rings is 1. The lowest BCUT2D eigenvalue weighted by atomic mass is 10.1. The highest BCUT2D eigenvalue weighted by Crippen LogP contribution is 2.30. The summed E-state index contributed by atoms with van der Waals surface area (Å²) in [6.45, 7) is 2.40. The number of aliphatic hydroxyl groups is 2. The summed E-state index contributed by atoms with van der Waals surface area (Å²) >= 11 is 4.35. The first-order chi connectivity index (χ1) is 7.68. The van der Waals surface area contributed by atoms with Crippen LogP contribution in [0.3, 0.4) is 0 Å². The van der Waals surface area contributed by atoms with Crippen molar-refractivity contribution in [2.75, 3.05) is 13.2 Å². The molecule has 98 valence electrons. The van der Waals surface area contributed by atoms with Crippen molar-refractivity contribution in [3.63, 3.8) is 0 Å². The predicted octanol–water partition coefficient (Wildman–Crippen LogP) is 0.841. The molecule has 0 saturated carbocycles. The Labute approximate surface area is 113 Å². The minimum absolute atomic E-state index is 0.176. The van der Waals surface area contributed by atoms with Crippen LogP contribution in [0, 0.1) is 6.92 Å². The summed E-state index contributed by atoms with van der Waals surface area (Å²) in [5.41, 5.74) is -0.624. The molecular weight excluding hydrogens is 330 g/mol. The van der Waals surface area contributed by atoms with Crippen molar-refractivity contribution in [1.82, 2.24) is 4.72 Å². The second-order valence-corrected chi connectivity index (χ2v) is 8.37. The maximum Gasteiger partial charge on any atom is 0.250 e. The van der Waals surface area contributed by atoms with E-state index < -0.39 is 22.2 Å². The number of halogens is 1. The standard InChI is InChI=1S/C9H14BrNO4S2/c1-6-3-7(16-8(6)10)17(14,15)11-4-9(2,13)5-12/h3,11-13H,4-5H2,1-2H3. The molecule has 0 aliphatic heterocycles. The van der Waals surface area contributed by atoms with Gasteiger partial charge in [-0.2, -0.15) is 0 Å². The van der Waals surface area contributed by atoms with E-state index >= 15 is 0 Å². The first-order valence-electron chi connectivity index (χ1n) is 4.77. The molecule has 0 aliphatic carbocycles. The highest BCUT2D eigenvalue weighted by atomic mass is 79.9. The van der Waals surface area contributed by atoms with Gasteiger partial charge in [0.2, 0.25) is 10.0 Å². The zero-order valence-corrected chi connectivity index (χ0v) is 12.6. The third-order valence-corrected chi connectivity index (χ3v) is 6.09. The molecule has 0 radical (unpaired) electrons. The number of aliphatic hydroxyl groups excluding tert-OH is 1. The highest BCUT2D eigenvalue weighted by molar-refractivity contribution is 9.11. The fourth-order valence-corrected chi connectivity index (χ4v) is 4.37. The average Bonchev–Trinajstić information content (AvgIpc) is 2.58. The topological polar surface area (TPSA) is 86.6 Å². The lowest BCUT2D eigenvalue weighted by Crippen LogP contribution is -2.43. The maximum atomic E-state index is 11.8. The molecular formula is C9H14BrNO4S2. The summed E-state index contributed by atoms with van der Waals surface area (Å²) in [5.74, 6) is 0. The Kier molecular flexibility index (Phi) is 4.73. The SMILES string of the molecule is Cc1cc(S(=O)(=O)NCC(C)(O)CO)sc1Br. The Bertz CT molecular complexity index is 476. The second-order valence-electron chi connectivity index (χ2n) is 4.00. The number of aryl methyl sites for hydroxylation is 1. The summed E-state index contributed by atoms with van der Waals surface area (Å²) in [7, 11) is -3.64. The van der Waals surface area contributed by atoms with Gasteiger partial charge in [-0.3, -0.25) is 0 Å². The van der Waals surface area contributed by atoms with Gasteiger partial charge in [-0.05, 0) is 41.4 Å². The molecule has 1 unspecified atom stereocenters. The molecule has 5 nitrogen and oxygen atoms in total. The zero-order valence-electron chi connectivity index (χ0n) is 9.40. The van der Waals surface area contributed by atoms with Crippen LogP contribution in [-0.2, 0) is 10.0 Å². The van der Waals surface area contributed by atoms with E-state index in [0.717, 1.165) is 20.7 Å². The van der Waals surface area contributed by atoms with Crippen LogP contribution >= 0.6 is 27.3 Å². The molecule has 3 N–H and O–H groups in total. The molecule has 0 bridgehead atoms. The van der Waals surface area contributed by atoms with Crippen molar-refractivity contribution in [3.05, 3.63) is 15.4 Å². The van der Waals surface area contributed by atoms with Crippen LogP contribution in [-0.4, -0.2) is 37.4 Å². The van der Waals surface area contributed by atoms with Gasteiger partial charge in [0.05, 0.1) is 16.0 Å². The zero-order chi connectivity index (χ0) is 13.3. The molecule has 1 atom stereocenters. The van der Waals surface area contributed by atoms with Gasteiger partial charge >= 0.3 is 0 Å². The van der Waals surface area contributed by atoms with Crippen LogP contribution in [0.2, 0.25) is 0 Å². The molecule has 0 aliphatic rings. The van der Waals surface area contributed by atoms with Crippen molar-refractivity contribution in [1.29, 1.82) is 0 Å². The first kappa shape index (κ1) is 15.1. The number of hydrogen-bond acceptors (Lipinski definition) is 5. The van der Waals surface area contributed by atoms with Gasteiger partial charge in [-0.15, -0.1) is 11.3 Å². The van der Waals surface area contributed by atoms with E-state index in [0.29, 0.717) is 0 Å². The Morgan fingerprint density at radius 1 is 1.59 bits per heavy atom. The third kappa shape index (κ3) is 4.01. The second kappa shape index (κ2) is 5.33. The number of nitrogens with one attached hydrogen (secondary N) is 1. The molecule has 8 heteroatoms. The summed E-state index contributed by atoms with van der Waals surface area (Å²) < 4.78 is 26.9. The van der Waals surface area contributed by atoms with Crippen LogP contribution in [0.4, 0.5) is 0 Å². The van der Waals surface area contributed by atoms with E-state index in [9.17, 15) is 13.5 Å². The van der Waals surface area contributed by atoms with E-state index in [1.807, 2.05) is 0 Å². The molecule has 0 spiro atoms. The highest BCUT2D eigenvalue weighted by Gasteiger charge is 2.24. The molecule has 0 amide bonds. The van der Waals surface area contributed by atoms with Crippen LogP contribution < -0.4 is 4.72 Å². The number of hydrogen-bond donors (Lipinski definition) is 3. The van der Waals surface area contributed by atoms with E-state index in [2.05, 4.69) is 20.7 Å². The first-order valence-corrected chi connectivity index (χ1v) is 7.86. The van der Waals surface area contributed by atoms with Crippen LogP contribution in [0.1, 0.15) is 12.5 Å². The average molecular weight is 344 g/mol. The largest absolute Gasteiger partial charge is 0.393 e.